The normalized spacial score (nSPS) is 32.9. The second-order valence-corrected chi connectivity index (χ2v) is 9.97. The lowest BCUT2D eigenvalue weighted by Crippen LogP contribution is -2.44. The first-order valence-electron chi connectivity index (χ1n) is 12.6. The van der Waals surface area contributed by atoms with Crippen molar-refractivity contribution in [3.05, 3.63) is 0 Å². The van der Waals surface area contributed by atoms with E-state index in [9.17, 15) is 4.79 Å². The highest BCUT2D eigenvalue weighted by atomic mass is 16.5. The summed E-state index contributed by atoms with van der Waals surface area (Å²) in [6.07, 6.45) is 19.3. The molecular weight excluding hydrogens is 346 g/mol. The maximum absolute atomic E-state index is 12.7. The van der Waals surface area contributed by atoms with Crippen molar-refractivity contribution in [2.75, 3.05) is 13.1 Å². The van der Waals surface area contributed by atoms with Gasteiger partial charge in [0.25, 0.3) is 0 Å². The molecule has 162 valence electrons. The number of likely N-dealkylation sites (tertiary alicyclic amines) is 1. The molecule has 0 amide bonds. The van der Waals surface area contributed by atoms with E-state index in [1.807, 2.05) is 0 Å². The Morgan fingerprint density at radius 3 is 2.07 bits per heavy atom. The van der Waals surface area contributed by atoms with Gasteiger partial charge in [-0.1, -0.05) is 46.0 Å². The van der Waals surface area contributed by atoms with Crippen LogP contribution in [0.2, 0.25) is 0 Å². The van der Waals surface area contributed by atoms with E-state index in [-0.39, 0.29) is 18.0 Å². The minimum Gasteiger partial charge on any atom is -0.462 e. The van der Waals surface area contributed by atoms with Crippen molar-refractivity contribution in [3.8, 4) is 0 Å². The van der Waals surface area contributed by atoms with Crippen LogP contribution in [0.1, 0.15) is 110 Å². The van der Waals surface area contributed by atoms with Crippen LogP contribution in [0.4, 0.5) is 0 Å². The predicted octanol–water partition coefficient (Wildman–Crippen LogP) is 6.35. The lowest BCUT2D eigenvalue weighted by Gasteiger charge is -2.40. The second-order valence-electron chi connectivity index (χ2n) is 9.97. The molecule has 0 atom stereocenters. The SMILES string of the molecule is CCCCC[C@H]1CC[C@H](OC(=O)C2CCN([C@H]3CC[C@H](CC)CC3)CC2)CC1. The number of rotatable bonds is 8. The molecule has 2 aliphatic carbocycles. The Kier molecular flexibility index (Phi) is 9.14. The summed E-state index contributed by atoms with van der Waals surface area (Å²) in [5, 5.41) is 0. The number of nitrogens with zero attached hydrogens (tertiary/aromatic N) is 1. The summed E-state index contributed by atoms with van der Waals surface area (Å²) in [6, 6.07) is 0.780. The van der Waals surface area contributed by atoms with E-state index in [1.54, 1.807) is 0 Å². The molecule has 3 heteroatoms. The van der Waals surface area contributed by atoms with Crippen LogP contribution in [0, 0.1) is 17.8 Å². The molecule has 0 unspecified atom stereocenters. The summed E-state index contributed by atoms with van der Waals surface area (Å²) in [6.45, 7) is 6.82. The molecule has 0 aromatic rings. The maximum atomic E-state index is 12.7. The van der Waals surface area contributed by atoms with Gasteiger partial charge in [0, 0.05) is 6.04 Å². The van der Waals surface area contributed by atoms with Gasteiger partial charge >= 0.3 is 5.97 Å². The van der Waals surface area contributed by atoms with E-state index in [0.29, 0.717) is 0 Å². The average molecular weight is 392 g/mol. The van der Waals surface area contributed by atoms with Gasteiger partial charge in [0.1, 0.15) is 6.10 Å². The fourth-order valence-electron chi connectivity index (χ4n) is 5.90. The van der Waals surface area contributed by atoms with Crippen molar-refractivity contribution in [1.29, 1.82) is 0 Å². The Labute approximate surface area is 174 Å². The van der Waals surface area contributed by atoms with Gasteiger partial charge in [0.15, 0.2) is 0 Å². The summed E-state index contributed by atoms with van der Waals surface area (Å²) in [5.74, 6) is 2.12. The molecule has 1 heterocycles. The molecule has 0 bridgehead atoms. The molecular formula is C25H45NO2. The standard InChI is InChI=1S/C25H45NO2/c1-3-5-6-7-21-10-14-24(15-11-21)28-25(27)22-16-18-26(19-17-22)23-12-8-20(4-2)9-13-23/h20-24H,3-19H2,1-2H3/t20-,21-,23-,24-. The highest BCUT2D eigenvalue weighted by Gasteiger charge is 2.33. The summed E-state index contributed by atoms with van der Waals surface area (Å²) in [7, 11) is 0. The average Bonchev–Trinajstić information content (AvgIpc) is 2.75. The second kappa shape index (κ2) is 11.6. The molecule has 2 saturated carbocycles. The van der Waals surface area contributed by atoms with Crippen LogP contribution in [0.25, 0.3) is 0 Å². The van der Waals surface area contributed by atoms with Gasteiger partial charge in [-0.3, -0.25) is 4.79 Å². The third kappa shape index (κ3) is 6.47. The number of carbonyl (C=O) groups excluding carboxylic acids is 1. The molecule has 28 heavy (non-hydrogen) atoms. The quantitative estimate of drug-likeness (QED) is 0.357. The Morgan fingerprint density at radius 2 is 1.46 bits per heavy atom. The van der Waals surface area contributed by atoms with Crippen LogP contribution in [-0.4, -0.2) is 36.1 Å². The summed E-state index contributed by atoms with van der Waals surface area (Å²) < 4.78 is 5.96. The zero-order valence-corrected chi connectivity index (χ0v) is 18.7. The third-order valence-electron chi connectivity index (χ3n) is 8.07. The highest BCUT2D eigenvalue weighted by Crippen LogP contribution is 2.33. The summed E-state index contributed by atoms with van der Waals surface area (Å²) >= 11 is 0. The van der Waals surface area contributed by atoms with Crippen LogP contribution in [-0.2, 0) is 9.53 Å². The monoisotopic (exact) mass is 391 g/mol. The van der Waals surface area contributed by atoms with Crippen molar-refractivity contribution in [1.82, 2.24) is 4.90 Å². The largest absolute Gasteiger partial charge is 0.462 e. The molecule has 0 aromatic heterocycles. The molecule has 0 aromatic carbocycles. The number of carbonyl (C=O) groups is 1. The lowest BCUT2D eigenvalue weighted by atomic mass is 9.83. The summed E-state index contributed by atoms with van der Waals surface area (Å²) in [5.41, 5.74) is 0. The van der Waals surface area contributed by atoms with Gasteiger partial charge in [-0.15, -0.1) is 0 Å². The Hall–Kier alpha value is -0.570. The molecule has 1 saturated heterocycles. The first-order chi connectivity index (χ1) is 13.7. The van der Waals surface area contributed by atoms with Gasteiger partial charge in [0.2, 0.25) is 0 Å². The van der Waals surface area contributed by atoms with E-state index in [1.165, 1.54) is 70.6 Å². The number of unbranched alkanes of at least 4 members (excludes halogenated alkanes) is 2. The molecule has 0 N–H and O–H groups in total. The number of esters is 1. The van der Waals surface area contributed by atoms with E-state index >= 15 is 0 Å². The molecule has 3 rings (SSSR count). The van der Waals surface area contributed by atoms with E-state index in [2.05, 4.69) is 18.7 Å². The number of hydrogen-bond acceptors (Lipinski definition) is 3. The van der Waals surface area contributed by atoms with E-state index < -0.39 is 0 Å². The number of piperidine rings is 1. The van der Waals surface area contributed by atoms with Crippen molar-refractivity contribution in [2.24, 2.45) is 17.8 Å². The predicted molar refractivity (Wildman–Crippen MR) is 116 cm³/mol. The van der Waals surface area contributed by atoms with Gasteiger partial charge in [-0.25, -0.2) is 0 Å². The van der Waals surface area contributed by atoms with Crippen molar-refractivity contribution in [2.45, 2.75) is 122 Å². The van der Waals surface area contributed by atoms with Crippen molar-refractivity contribution in [3.63, 3.8) is 0 Å². The van der Waals surface area contributed by atoms with Crippen LogP contribution in [0.15, 0.2) is 0 Å². The smallest absolute Gasteiger partial charge is 0.309 e. The molecule has 0 radical (unpaired) electrons. The van der Waals surface area contributed by atoms with Gasteiger partial charge in [-0.2, -0.15) is 0 Å². The minimum absolute atomic E-state index is 0.115. The van der Waals surface area contributed by atoms with Gasteiger partial charge in [0.05, 0.1) is 5.92 Å². The Bertz CT molecular complexity index is 441. The van der Waals surface area contributed by atoms with Crippen LogP contribution in [0.3, 0.4) is 0 Å². The fraction of sp³-hybridized carbons (Fsp3) is 0.960. The highest BCUT2D eigenvalue weighted by molar-refractivity contribution is 5.72. The first kappa shape index (κ1) is 22.1. The molecule has 3 aliphatic rings. The minimum atomic E-state index is 0.115. The number of ether oxygens (including phenoxy) is 1. The zero-order chi connectivity index (χ0) is 19.8. The van der Waals surface area contributed by atoms with Crippen molar-refractivity contribution >= 4 is 5.97 Å². The van der Waals surface area contributed by atoms with Gasteiger partial charge < -0.3 is 9.64 Å². The van der Waals surface area contributed by atoms with E-state index in [0.717, 1.165) is 56.7 Å². The van der Waals surface area contributed by atoms with E-state index in [4.69, 9.17) is 4.74 Å². The van der Waals surface area contributed by atoms with Gasteiger partial charge in [-0.05, 0) is 89.1 Å². The van der Waals surface area contributed by atoms with Crippen LogP contribution >= 0.6 is 0 Å². The zero-order valence-electron chi connectivity index (χ0n) is 18.7. The Balaban J connectivity index is 1.31. The van der Waals surface area contributed by atoms with Crippen molar-refractivity contribution < 1.29 is 9.53 Å². The topological polar surface area (TPSA) is 29.5 Å². The third-order valence-corrected chi connectivity index (χ3v) is 8.07. The molecule has 0 spiro atoms. The Morgan fingerprint density at radius 1 is 0.821 bits per heavy atom. The maximum Gasteiger partial charge on any atom is 0.309 e. The molecule has 3 nitrogen and oxygen atoms in total. The number of hydrogen-bond donors (Lipinski definition) is 0. The fourth-order valence-corrected chi connectivity index (χ4v) is 5.90. The first-order valence-corrected chi connectivity index (χ1v) is 12.6. The molecule has 3 fully saturated rings. The van der Waals surface area contributed by atoms with Crippen LogP contribution < -0.4 is 0 Å². The summed E-state index contributed by atoms with van der Waals surface area (Å²) in [4.78, 5) is 15.4. The van der Waals surface area contributed by atoms with Crippen LogP contribution in [0.5, 0.6) is 0 Å². The lowest BCUT2D eigenvalue weighted by molar-refractivity contribution is -0.158. The molecule has 1 aliphatic heterocycles.